The van der Waals surface area contributed by atoms with Gasteiger partial charge >= 0.3 is 12.1 Å². The molecule has 0 saturated carbocycles. The first-order valence-electron chi connectivity index (χ1n) is 8.29. The highest BCUT2D eigenvalue weighted by molar-refractivity contribution is 6.30. The van der Waals surface area contributed by atoms with Crippen molar-refractivity contribution in [2.24, 2.45) is 0 Å². The van der Waals surface area contributed by atoms with Gasteiger partial charge in [-0.3, -0.25) is 4.90 Å². The summed E-state index contributed by atoms with van der Waals surface area (Å²) in [5.41, 5.74) is 0.0604. The van der Waals surface area contributed by atoms with Gasteiger partial charge in [-0.15, -0.1) is 0 Å². The van der Waals surface area contributed by atoms with Crippen molar-refractivity contribution in [1.82, 2.24) is 4.90 Å². The van der Waals surface area contributed by atoms with E-state index in [1.165, 1.54) is 13.1 Å². The van der Waals surface area contributed by atoms with Crippen LogP contribution in [-0.2, 0) is 14.3 Å². The Morgan fingerprint density at radius 2 is 1.85 bits per heavy atom. The number of aliphatic hydroxyl groups excluding tert-OH is 1. The van der Waals surface area contributed by atoms with Crippen molar-refractivity contribution in [3.8, 4) is 0 Å². The molecule has 0 aliphatic carbocycles. The van der Waals surface area contributed by atoms with Crippen molar-refractivity contribution in [2.75, 3.05) is 13.7 Å². The molecule has 0 radical (unpaired) electrons. The van der Waals surface area contributed by atoms with Crippen LogP contribution in [0.4, 0.5) is 4.79 Å². The zero-order valence-electron chi connectivity index (χ0n) is 15.7. The van der Waals surface area contributed by atoms with Gasteiger partial charge in [-0.2, -0.15) is 0 Å². The van der Waals surface area contributed by atoms with Gasteiger partial charge in [0, 0.05) is 12.1 Å². The summed E-state index contributed by atoms with van der Waals surface area (Å²) < 4.78 is 10.3. The van der Waals surface area contributed by atoms with Crippen LogP contribution in [0.1, 0.15) is 33.3 Å². The van der Waals surface area contributed by atoms with Gasteiger partial charge < -0.3 is 14.6 Å². The number of rotatable bonds is 6. The van der Waals surface area contributed by atoms with Gasteiger partial charge in [0.05, 0.1) is 6.61 Å². The minimum Gasteiger partial charge on any atom is -0.464 e. The number of carbonyl (C=O) groups is 2. The summed E-state index contributed by atoms with van der Waals surface area (Å²) in [6, 6.07) is 5.73. The maximum absolute atomic E-state index is 12.3. The van der Waals surface area contributed by atoms with Gasteiger partial charge in [-0.1, -0.05) is 35.9 Å². The van der Waals surface area contributed by atoms with Crippen LogP contribution < -0.4 is 0 Å². The third kappa shape index (κ3) is 7.06. The quantitative estimate of drug-likeness (QED) is 0.760. The van der Waals surface area contributed by atoms with Crippen LogP contribution in [0.2, 0.25) is 5.02 Å². The summed E-state index contributed by atoms with van der Waals surface area (Å²) in [5.74, 6) is -0.714. The normalized spacial score (nSPS) is 14.0. The Hall–Kier alpha value is -2.05. The standard InChI is InChI=1S/C19H26ClNO5/c1-6-25-17(23)16(21(5)18(24)26-19(2,3)4)15(22)12-9-13-7-10-14(20)11-8-13/h7-12,15-16,22H,6H2,1-5H3/b12-9+/t15-,16?/m1/s1. The fraction of sp³-hybridized carbons (Fsp3) is 0.474. The molecule has 2 atom stereocenters. The maximum Gasteiger partial charge on any atom is 0.410 e. The van der Waals surface area contributed by atoms with Crippen molar-refractivity contribution < 1.29 is 24.2 Å². The number of halogens is 1. The minimum atomic E-state index is -1.28. The number of carbonyl (C=O) groups excluding carboxylic acids is 2. The van der Waals surface area contributed by atoms with Crippen molar-refractivity contribution in [3.63, 3.8) is 0 Å². The minimum absolute atomic E-state index is 0.130. The molecule has 1 rings (SSSR count). The van der Waals surface area contributed by atoms with Crippen molar-refractivity contribution in [1.29, 1.82) is 0 Å². The van der Waals surface area contributed by atoms with Gasteiger partial charge in [-0.25, -0.2) is 9.59 Å². The van der Waals surface area contributed by atoms with E-state index in [1.54, 1.807) is 58.0 Å². The second kappa shape index (κ2) is 9.59. The number of hydrogen-bond donors (Lipinski definition) is 1. The van der Waals surface area contributed by atoms with Crippen LogP contribution in [-0.4, -0.2) is 53.5 Å². The predicted molar refractivity (Wildman–Crippen MR) is 101 cm³/mol. The summed E-state index contributed by atoms with van der Waals surface area (Å²) in [4.78, 5) is 25.6. The molecular weight excluding hydrogens is 358 g/mol. The first kappa shape index (κ1) is 22.0. The fourth-order valence-electron chi connectivity index (χ4n) is 2.09. The topological polar surface area (TPSA) is 76.1 Å². The van der Waals surface area contributed by atoms with Gasteiger partial charge in [-0.05, 0) is 45.4 Å². The summed E-state index contributed by atoms with van der Waals surface area (Å²) in [5, 5.41) is 11.1. The molecule has 0 fully saturated rings. The monoisotopic (exact) mass is 383 g/mol. The molecule has 1 amide bonds. The summed E-state index contributed by atoms with van der Waals surface area (Å²) in [6.07, 6.45) is 1.05. The molecule has 1 N–H and O–H groups in total. The van der Waals surface area contributed by atoms with Crippen LogP contribution in [0.15, 0.2) is 30.3 Å². The molecule has 144 valence electrons. The van der Waals surface area contributed by atoms with E-state index < -0.39 is 29.8 Å². The number of aliphatic hydroxyl groups is 1. The molecule has 0 bridgehead atoms. The average Bonchev–Trinajstić information content (AvgIpc) is 2.53. The zero-order chi connectivity index (χ0) is 19.9. The number of ether oxygens (including phenoxy) is 2. The van der Waals surface area contributed by atoms with E-state index in [1.807, 2.05) is 0 Å². The first-order chi connectivity index (χ1) is 12.0. The Morgan fingerprint density at radius 1 is 1.27 bits per heavy atom. The maximum atomic E-state index is 12.3. The Labute approximate surface area is 159 Å². The van der Waals surface area contributed by atoms with E-state index in [0.717, 1.165) is 10.5 Å². The van der Waals surface area contributed by atoms with E-state index in [-0.39, 0.29) is 6.61 Å². The molecule has 7 heteroatoms. The molecule has 1 aromatic rings. The first-order valence-corrected chi connectivity index (χ1v) is 8.67. The van der Waals surface area contributed by atoms with E-state index in [2.05, 4.69) is 0 Å². The molecule has 26 heavy (non-hydrogen) atoms. The predicted octanol–water partition coefficient (Wildman–Crippen LogP) is 3.51. The zero-order valence-corrected chi connectivity index (χ0v) is 16.5. The Balaban J connectivity index is 2.98. The van der Waals surface area contributed by atoms with Crippen LogP contribution in [0.5, 0.6) is 0 Å². The third-order valence-electron chi connectivity index (χ3n) is 3.31. The molecule has 0 aliphatic rings. The van der Waals surface area contributed by atoms with Crippen LogP contribution in [0.25, 0.3) is 6.08 Å². The molecule has 0 aliphatic heterocycles. The molecule has 0 spiro atoms. The second-order valence-electron chi connectivity index (χ2n) is 6.69. The molecular formula is C19H26ClNO5. The van der Waals surface area contributed by atoms with Crippen LogP contribution in [0, 0.1) is 0 Å². The number of benzene rings is 1. The smallest absolute Gasteiger partial charge is 0.410 e. The van der Waals surface area contributed by atoms with Crippen molar-refractivity contribution in [2.45, 2.75) is 45.4 Å². The number of esters is 1. The Morgan fingerprint density at radius 3 is 2.35 bits per heavy atom. The van der Waals surface area contributed by atoms with Gasteiger partial charge in [0.2, 0.25) is 0 Å². The molecule has 0 saturated heterocycles. The largest absolute Gasteiger partial charge is 0.464 e. The fourth-order valence-corrected chi connectivity index (χ4v) is 2.22. The van der Waals surface area contributed by atoms with Gasteiger partial charge in [0.25, 0.3) is 0 Å². The van der Waals surface area contributed by atoms with E-state index in [9.17, 15) is 14.7 Å². The Kier molecular flexibility index (Phi) is 8.11. The van der Waals surface area contributed by atoms with Crippen molar-refractivity contribution >= 4 is 29.7 Å². The Bertz CT molecular complexity index is 636. The highest BCUT2D eigenvalue weighted by atomic mass is 35.5. The molecule has 1 aromatic carbocycles. The summed E-state index contributed by atoms with van der Waals surface area (Å²) in [7, 11) is 1.38. The van der Waals surface area contributed by atoms with Crippen LogP contribution in [0.3, 0.4) is 0 Å². The van der Waals surface area contributed by atoms with E-state index in [0.29, 0.717) is 5.02 Å². The highest BCUT2D eigenvalue weighted by Gasteiger charge is 2.35. The molecule has 0 heterocycles. The van der Waals surface area contributed by atoms with E-state index >= 15 is 0 Å². The van der Waals surface area contributed by atoms with Gasteiger partial charge in [0.15, 0.2) is 6.04 Å². The van der Waals surface area contributed by atoms with Crippen molar-refractivity contribution in [3.05, 3.63) is 40.9 Å². The van der Waals surface area contributed by atoms with Crippen LogP contribution >= 0.6 is 11.6 Å². The lowest BCUT2D eigenvalue weighted by atomic mass is 10.1. The highest BCUT2D eigenvalue weighted by Crippen LogP contribution is 2.16. The number of nitrogens with zero attached hydrogens (tertiary/aromatic N) is 1. The molecule has 0 aromatic heterocycles. The van der Waals surface area contributed by atoms with Gasteiger partial charge in [0.1, 0.15) is 11.7 Å². The summed E-state index contributed by atoms with van der Waals surface area (Å²) in [6.45, 7) is 6.93. The molecule has 6 nitrogen and oxygen atoms in total. The lowest BCUT2D eigenvalue weighted by Crippen LogP contribution is -2.51. The molecule has 1 unspecified atom stereocenters. The lowest BCUT2D eigenvalue weighted by Gasteiger charge is -2.31. The SMILES string of the molecule is CCOC(=O)C([C@H](O)/C=C/c1ccc(Cl)cc1)N(C)C(=O)OC(C)(C)C. The summed E-state index contributed by atoms with van der Waals surface area (Å²) >= 11 is 5.84. The van der Waals surface area contributed by atoms with E-state index in [4.69, 9.17) is 21.1 Å². The number of amides is 1. The average molecular weight is 384 g/mol. The lowest BCUT2D eigenvalue weighted by molar-refractivity contribution is -0.152. The number of likely N-dealkylation sites (N-methyl/N-ethyl adjacent to an activating group) is 1. The number of hydrogen-bond acceptors (Lipinski definition) is 5. The third-order valence-corrected chi connectivity index (χ3v) is 3.56. The second-order valence-corrected chi connectivity index (χ2v) is 7.13.